The van der Waals surface area contributed by atoms with Crippen molar-refractivity contribution in [3.63, 3.8) is 0 Å². The average molecular weight is 407 g/mol. The lowest BCUT2D eigenvalue weighted by Gasteiger charge is -2.35. The van der Waals surface area contributed by atoms with Crippen LogP contribution in [0.25, 0.3) is 0 Å². The van der Waals surface area contributed by atoms with Crippen LogP contribution in [0.4, 0.5) is 11.4 Å². The minimum atomic E-state index is -0.400. The Morgan fingerprint density at radius 3 is 2.68 bits per heavy atom. The van der Waals surface area contributed by atoms with Gasteiger partial charge < -0.3 is 10.2 Å². The molecule has 3 rings (SSSR count). The van der Waals surface area contributed by atoms with E-state index in [1.807, 2.05) is 4.90 Å². The van der Waals surface area contributed by atoms with E-state index in [1.54, 1.807) is 12.1 Å². The van der Waals surface area contributed by atoms with Crippen molar-refractivity contribution in [1.29, 1.82) is 0 Å². The number of hydrogen-bond donors (Lipinski definition) is 1. The molecule has 2 aliphatic rings. The number of nitrogens with zero attached hydrogens (tertiary/aromatic N) is 3. The van der Waals surface area contributed by atoms with E-state index < -0.39 is 4.92 Å². The van der Waals surface area contributed by atoms with E-state index in [0.717, 1.165) is 12.8 Å². The van der Waals surface area contributed by atoms with Crippen LogP contribution in [0.15, 0.2) is 29.8 Å². The predicted molar refractivity (Wildman–Crippen MR) is 111 cm³/mol. The molecule has 1 amide bonds. The molecule has 1 heterocycles. The molecular weight excluding hydrogens is 380 g/mol. The second-order valence-corrected chi connectivity index (χ2v) is 7.80. The van der Waals surface area contributed by atoms with E-state index in [9.17, 15) is 14.9 Å². The van der Waals surface area contributed by atoms with Crippen molar-refractivity contribution in [2.45, 2.75) is 32.1 Å². The number of allylic oxidation sites excluding steroid dienone is 1. The Morgan fingerprint density at radius 1 is 1.21 bits per heavy atom. The van der Waals surface area contributed by atoms with Gasteiger partial charge in [-0.3, -0.25) is 19.8 Å². The number of nitrogens with one attached hydrogen (secondary N) is 1. The molecule has 1 aliphatic heterocycles. The van der Waals surface area contributed by atoms with Crippen LogP contribution in [-0.2, 0) is 4.79 Å². The molecule has 1 fully saturated rings. The molecule has 0 unspecified atom stereocenters. The summed E-state index contributed by atoms with van der Waals surface area (Å²) in [6.45, 7) is 3.74. The molecular formula is C20H27ClN4O3. The topological polar surface area (TPSA) is 78.7 Å². The maximum atomic E-state index is 12.2. The molecule has 1 aromatic rings. The van der Waals surface area contributed by atoms with Crippen molar-refractivity contribution in [2.75, 3.05) is 44.2 Å². The van der Waals surface area contributed by atoms with Crippen LogP contribution in [0.5, 0.6) is 0 Å². The van der Waals surface area contributed by atoms with E-state index in [0.29, 0.717) is 50.0 Å². The number of nitro benzene ring substituents is 1. The number of amides is 1. The number of anilines is 1. The van der Waals surface area contributed by atoms with Gasteiger partial charge in [0.2, 0.25) is 5.91 Å². The Balaban J connectivity index is 1.43. The third-order valence-corrected chi connectivity index (χ3v) is 5.60. The van der Waals surface area contributed by atoms with Crippen molar-refractivity contribution in [2.24, 2.45) is 0 Å². The van der Waals surface area contributed by atoms with Gasteiger partial charge in [-0.05, 0) is 44.2 Å². The zero-order chi connectivity index (χ0) is 19.9. The Hall–Kier alpha value is -2.12. The van der Waals surface area contributed by atoms with E-state index in [4.69, 9.17) is 11.6 Å². The molecule has 1 aromatic carbocycles. The molecule has 1 N–H and O–H groups in total. The number of carbonyl (C=O) groups excluding carboxylic acids is 1. The number of rotatable bonds is 7. The first-order valence-corrected chi connectivity index (χ1v) is 10.3. The minimum Gasteiger partial charge on any atom is -0.363 e. The largest absolute Gasteiger partial charge is 0.363 e. The zero-order valence-electron chi connectivity index (χ0n) is 16.0. The summed E-state index contributed by atoms with van der Waals surface area (Å²) in [4.78, 5) is 27.2. The first-order chi connectivity index (χ1) is 13.5. The fourth-order valence-electron chi connectivity index (χ4n) is 3.81. The summed E-state index contributed by atoms with van der Waals surface area (Å²) in [5, 5.41) is 14.7. The van der Waals surface area contributed by atoms with Gasteiger partial charge in [-0.25, -0.2) is 0 Å². The van der Waals surface area contributed by atoms with Gasteiger partial charge in [0.25, 0.3) is 5.69 Å². The molecule has 0 radical (unpaired) electrons. The van der Waals surface area contributed by atoms with E-state index in [2.05, 4.69) is 16.3 Å². The maximum Gasteiger partial charge on any atom is 0.294 e. The molecule has 152 valence electrons. The van der Waals surface area contributed by atoms with Gasteiger partial charge in [-0.2, -0.15) is 0 Å². The van der Waals surface area contributed by atoms with Gasteiger partial charge >= 0.3 is 0 Å². The minimum absolute atomic E-state index is 0.0238. The van der Waals surface area contributed by atoms with E-state index in [-0.39, 0.29) is 11.6 Å². The Morgan fingerprint density at radius 2 is 2.00 bits per heavy atom. The summed E-state index contributed by atoms with van der Waals surface area (Å²) >= 11 is 5.89. The Labute approximate surface area is 170 Å². The van der Waals surface area contributed by atoms with Crippen molar-refractivity contribution in [3.05, 3.63) is 45.0 Å². The Bertz CT molecular complexity index is 745. The van der Waals surface area contributed by atoms with Crippen LogP contribution in [0.1, 0.15) is 32.1 Å². The van der Waals surface area contributed by atoms with Crippen LogP contribution in [-0.4, -0.2) is 55.0 Å². The quantitative estimate of drug-likeness (QED) is 0.426. The lowest BCUT2D eigenvalue weighted by molar-refractivity contribution is -0.384. The molecule has 0 bridgehead atoms. The smallest absolute Gasteiger partial charge is 0.294 e. The maximum absolute atomic E-state index is 12.2. The standard InChI is InChI=1S/C20H27ClN4O3/c21-17-6-7-18(19(14-17)25(27)28)24-12-10-23(11-13-24)15-20(26)22-9-8-16-4-2-1-3-5-16/h4,6-7,14H,1-3,5,8-13,15H2,(H,22,26). The second kappa shape index (κ2) is 9.89. The summed E-state index contributed by atoms with van der Waals surface area (Å²) < 4.78 is 0. The van der Waals surface area contributed by atoms with Crippen LogP contribution in [0.2, 0.25) is 5.02 Å². The predicted octanol–water partition coefficient (Wildman–Crippen LogP) is 3.38. The Kier molecular flexibility index (Phi) is 7.28. The van der Waals surface area contributed by atoms with Gasteiger partial charge in [0.05, 0.1) is 11.5 Å². The van der Waals surface area contributed by atoms with Crippen LogP contribution < -0.4 is 10.2 Å². The third kappa shape index (κ3) is 5.69. The summed E-state index contributed by atoms with van der Waals surface area (Å²) in [5.41, 5.74) is 2.07. The summed E-state index contributed by atoms with van der Waals surface area (Å²) in [5.74, 6) is 0.0438. The lowest BCUT2D eigenvalue weighted by atomic mass is 9.97. The number of hydrogen-bond acceptors (Lipinski definition) is 5. The summed E-state index contributed by atoms with van der Waals surface area (Å²) in [6.07, 6.45) is 8.12. The van der Waals surface area contributed by atoms with Crippen LogP contribution >= 0.6 is 11.6 Å². The number of piperazine rings is 1. The molecule has 0 spiro atoms. The number of carbonyl (C=O) groups is 1. The SMILES string of the molecule is O=C(CN1CCN(c2ccc(Cl)cc2[N+](=O)[O-])CC1)NCCC1=CCCCC1. The summed E-state index contributed by atoms with van der Waals surface area (Å²) in [6, 6.07) is 4.76. The lowest BCUT2D eigenvalue weighted by Crippen LogP contribution is -2.49. The first-order valence-electron chi connectivity index (χ1n) is 9.89. The van der Waals surface area contributed by atoms with Crippen molar-refractivity contribution < 1.29 is 9.72 Å². The van der Waals surface area contributed by atoms with E-state index >= 15 is 0 Å². The normalized spacial score (nSPS) is 17.9. The van der Waals surface area contributed by atoms with Gasteiger partial charge in [-0.15, -0.1) is 0 Å². The third-order valence-electron chi connectivity index (χ3n) is 5.37. The fraction of sp³-hybridized carbons (Fsp3) is 0.550. The first kappa shape index (κ1) is 20.6. The molecule has 28 heavy (non-hydrogen) atoms. The highest BCUT2D eigenvalue weighted by molar-refractivity contribution is 6.30. The molecule has 7 nitrogen and oxygen atoms in total. The van der Waals surface area contributed by atoms with Crippen molar-refractivity contribution in [1.82, 2.24) is 10.2 Å². The van der Waals surface area contributed by atoms with Crippen LogP contribution in [0, 0.1) is 10.1 Å². The van der Waals surface area contributed by atoms with E-state index in [1.165, 1.54) is 30.9 Å². The van der Waals surface area contributed by atoms with Crippen LogP contribution in [0.3, 0.4) is 0 Å². The van der Waals surface area contributed by atoms with Gasteiger partial charge in [0.15, 0.2) is 0 Å². The molecule has 0 saturated carbocycles. The molecule has 8 heteroatoms. The second-order valence-electron chi connectivity index (χ2n) is 7.36. The van der Waals surface area contributed by atoms with Gasteiger partial charge in [0.1, 0.15) is 5.69 Å². The molecule has 0 atom stereocenters. The number of halogens is 1. The van der Waals surface area contributed by atoms with Crippen molar-refractivity contribution in [3.8, 4) is 0 Å². The fourth-order valence-corrected chi connectivity index (χ4v) is 3.98. The highest BCUT2D eigenvalue weighted by atomic mass is 35.5. The van der Waals surface area contributed by atoms with Gasteiger partial charge in [-0.1, -0.05) is 23.3 Å². The van der Waals surface area contributed by atoms with Crippen molar-refractivity contribution >= 4 is 28.9 Å². The average Bonchev–Trinajstić information content (AvgIpc) is 2.69. The highest BCUT2D eigenvalue weighted by Gasteiger charge is 2.24. The number of nitro groups is 1. The van der Waals surface area contributed by atoms with Gasteiger partial charge in [0, 0.05) is 43.8 Å². The summed E-state index contributed by atoms with van der Waals surface area (Å²) in [7, 11) is 0. The molecule has 1 aliphatic carbocycles. The monoisotopic (exact) mass is 406 g/mol. The molecule has 1 saturated heterocycles. The zero-order valence-corrected chi connectivity index (χ0v) is 16.8. The highest BCUT2D eigenvalue weighted by Crippen LogP contribution is 2.31. The number of benzene rings is 1. The molecule has 0 aromatic heterocycles.